The summed E-state index contributed by atoms with van der Waals surface area (Å²) in [5.41, 5.74) is 2.22. The molecule has 0 radical (unpaired) electrons. The van der Waals surface area contributed by atoms with Gasteiger partial charge in [-0.3, -0.25) is 9.59 Å². The molecule has 1 saturated carbocycles. The van der Waals surface area contributed by atoms with Gasteiger partial charge in [0.05, 0.1) is 24.1 Å². The molecule has 3 aliphatic heterocycles. The summed E-state index contributed by atoms with van der Waals surface area (Å²) in [6.07, 6.45) is 2.38. The highest BCUT2D eigenvalue weighted by Crippen LogP contribution is 2.48. The maximum Gasteiger partial charge on any atom is 0.290 e. The molecule has 35 heavy (non-hydrogen) atoms. The zero-order valence-electron chi connectivity index (χ0n) is 20.0. The summed E-state index contributed by atoms with van der Waals surface area (Å²) in [6.45, 7) is 5.15. The Bertz CT molecular complexity index is 1220. The number of hydrogen-bond acceptors (Lipinski definition) is 6. The molecule has 1 fully saturated rings. The molecule has 6 rings (SSSR count). The van der Waals surface area contributed by atoms with Crippen molar-refractivity contribution in [2.45, 2.75) is 51.8 Å². The van der Waals surface area contributed by atoms with Gasteiger partial charge in [0, 0.05) is 6.54 Å². The van der Waals surface area contributed by atoms with E-state index in [2.05, 4.69) is 6.92 Å². The van der Waals surface area contributed by atoms with Crippen molar-refractivity contribution in [2.75, 3.05) is 13.4 Å². The van der Waals surface area contributed by atoms with Crippen LogP contribution in [-0.4, -0.2) is 36.1 Å². The van der Waals surface area contributed by atoms with Gasteiger partial charge in [-0.1, -0.05) is 25.1 Å². The van der Waals surface area contributed by atoms with E-state index >= 15 is 0 Å². The zero-order valence-corrected chi connectivity index (χ0v) is 20.0. The molecule has 7 heteroatoms. The molecule has 2 aromatic carbocycles. The average molecular weight is 476 g/mol. The molecule has 4 aliphatic rings. The smallest absolute Gasteiger partial charge is 0.290 e. The van der Waals surface area contributed by atoms with E-state index in [0.717, 1.165) is 30.4 Å². The van der Waals surface area contributed by atoms with Crippen molar-refractivity contribution in [1.29, 1.82) is 0 Å². The predicted molar refractivity (Wildman–Crippen MR) is 127 cm³/mol. The lowest BCUT2D eigenvalue weighted by Crippen LogP contribution is -2.41. The molecular weight excluding hydrogens is 446 g/mol. The maximum atomic E-state index is 13.9. The van der Waals surface area contributed by atoms with Crippen LogP contribution in [0.5, 0.6) is 17.2 Å². The predicted octanol–water partition coefficient (Wildman–Crippen LogP) is 4.56. The molecule has 0 N–H and O–H groups in total. The Kier molecular flexibility index (Phi) is 5.43. The van der Waals surface area contributed by atoms with Gasteiger partial charge in [-0.2, -0.15) is 0 Å². The Hall–Kier alpha value is -3.48. The average Bonchev–Trinajstić information content (AvgIpc) is 3.43. The van der Waals surface area contributed by atoms with Crippen LogP contribution in [0.2, 0.25) is 0 Å². The van der Waals surface area contributed by atoms with E-state index in [1.807, 2.05) is 49.4 Å². The van der Waals surface area contributed by atoms with Gasteiger partial charge in [0.15, 0.2) is 23.0 Å². The Morgan fingerprint density at radius 3 is 2.77 bits per heavy atom. The minimum Gasteiger partial charge on any atom is -0.494 e. The van der Waals surface area contributed by atoms with E-state index in [4.69, 9.17) is 18.9 Å². The van der Waals surface area contributed by atoms with Crippen LogP contribution in [0.4, 0.5) is 0 Å². The van der Waals surface area contributed by atoms with Crippen molar-refractivity contribution >= 4 is 11.7 Å². The highest BCUT2D eigenvalue weighted by atomic mass is 16.7. The maximum absolute atomic E-state index is 13.9. The van der Waals surface area contributed by atoms with E-state index in [-0.39, 0.29) is 36.3 Å². The number of fused-ring (bicyclic) bond motifs is 2. The van der Waals surface area contributed by atoms with Crippen molar-refractivity contribution in [3.05, 3.63) is 64.9 Å². The van der Waals surface area contributed by atoms with Gasteiger partial charge in [0.2, 0.25) is 6.79 Å². The first-order valence-corrected chi connectivity index (χ1v) is 12.4. The lowest BCUT2D eigenvalue weighted by atomic mass is 9.74. The first-order chi connectivity index (χ1) is 17.0. The summed E-state index contributed by atoms with van der Waals surface area (Å²) in [7, 11) is 0. The van der Waals surface area contributed by atoms with Crippen molar-refractivity contribution in [3.8, 4) is 17.2 Å². The first-order valence-electron chi connectivity index (χ1n) is 12.4. The van der Waals surface area contributed by atoms with Crippen LogP contribution in [0.15, 0.2) is 53.8 Å². The fourth-order valence-electron chi connectivity index (χ4n) is 5.81. The van der Waals surface area contributed by atoms with Gasteiger partial charge in [-0.15, -0.1) is 0 Å². The van der Waals surface area contributed by atoms with Gasteiger partial charge >= 0.3 is 0 Å². The summed E-state index contributed by atoms with van der Waals surface area (Å²) in [5.74, 6) is 2.36. The molecule has 3 heterocycles. The molecule has 182 valence electrons. The lowest BCUT2D eigenvalue weighted by Gasteiger charge is -2.37. The van der Waals surface area contributed by atoms with E-state index < -0.39 is 6.04 Å². The fourth-order valence-corrected chi connectivity index (χ4v) is 5.81. The number of rotatable bonds is 5. The van der Waals surface area contributed by atoms with E-state index in [0.29, 0.717) is 41.9 Å². The van der Waals surface area contributed by atoms with Gasteiger partial charge in [-0.25, -0.2) is 0 Å². The van der Waals surface area contributed by atoms with E-state index in [1.54, 1.807) is 4.90 Å². The topological polar surface area (TPSA) is 74.3 Å². The largest absolute Gasteiger partial charge is 0.494 e. The molecular formula is C28H29NO6. The number of amides is 1. The Morgan fingerprint density at radius 2 is 1.91 bits per heavy atom. The highest BCUT2D eigenvalue weighted by Gasteiger charge is 2.52. The first kappa shape index (κ1) is 22.0. The zero-order chi connectivity index (χ0) is 24.1. The summed E-state index contributed by atoms with van der Waals surface area (Å²) in [6, 6.07) is 12.8. The molecule has 0 bridgehead atoms. The molecule has 1 aliphatic carbocycles. The Labute approximate surface area is 204 Å². The monoisotopic (exact) mass is 475 g/mol. The van der Waals surface area contributed by atoms with E-state index in [1.165, 1.54) is 0 Å². The van der Waals surface area contributed by atoms with Crippen LogP contribution < -0.4 is 14.2 Å². The third-order valence-electron chi connectivity index (χ3n) is 7.48. The van der Waals surface area contributed by atoms with Crippen LogP contribution in [0, 0.1) is 11.8 Å². The van der Waals surface area contributed by atoms with Crippen LogP contribution in [0.3, 0.4) is 0 Å². The van der Waals surface area contributed by atoms with Gasteiger partial charge < -0.3 is 23.8 Å². The SMILES string of the molecule is CCOc1cccc(C2C3=C(OC4CCC(C)CC4C3=O)C(=O)N2Cc2ccc3c(c2)OCO3)c1. The molecule has 2 aromatic rings. The Balaban J connectivity index is 1.41. The standard InChI is InChI=1S/C28H29NO6/c1-3-32-19-6-4-5-18(13-19)25-24-26(30)20-11-16(2)7-9-21(20)35-27(24)28(31)29(25)14-17-8-10-22-23(12-17)34-15-33-22/h4-6,8,10,12-13,16,20-21,25H,3,7,9,11,14-15H2,1-2H3. The number of nitrogens with zero attached hydrogens (tertiary/aromatic N) is 1. The summed E-state index contributed by atoms with van der Waals surface area (Å²) < 4.78 is 23.0. The number of carbonyl (C=O) groups excluding carboxylic acids is 2. The second kappa shape index (κ2) is 8.63. The van der Waals surface area contributed by atoms with Gasteiger partial charge in [-0.05, 0) is 67.5 Å². The van der Waals surface area contributed by atoms with Crippen molar-refractivity contribution in [1.82, 2.24) is 4.90 Å². The number of benzene rings is 2. The Morgan fingerprint density at radius 1 is 1.06 bits per heavy atom. The molecule has 0 spiro atoms. The van der Waals surface area contributed by atoms with Gasteiger partial charge in [0.1, 0.15) is 11.9 Å². The van der Waals surface area contributed by atoms with Crippen LogP contribution in [0.1, 0.15) is 50.3 Å². The van der Waals surface area contributed by atoms with E-state index in [9.17, 15) is 9.59 Å². The molecule has 0 saturated heterocycles. The summed E-state index contributed by atoms with van der Waals surface area (Å²) in [4.78, 5) is 29.4. The summed E-state index contributed by atoms with van der Waals surface area (Å²) in [5, 5.41) is 0. The van der Waals surface area contributed by atoms with Crippen molar-refractivity contribution < 1.29 is 28.5 Å². The number of carbonyl (C=O) groups is 2. The number of ketones is 1. The number of ether oxygens (including phenoxy) is 4. The molecule has 7 nitrogen and oxygen atoms in total. The normalized spacial score (nSPS) is 27.0. The molecule has 1 amide bonds. The molecule has 4 unspecified atom stereocenters. The molecule has 4 atom stereocenters. The number of hydrogen-bond donors (Lipinski definition) is 0. The lowest BCUT2D eigenvalue weighted by molar-refractivity contribution is -0.136. The van der Waals surface area contributed by atoms with Crippen LogP contribution >= 0.6 is 0 Å². The molecule has 0 aromatic heterocycles. The van der Waals surface area contributed by atoms with Crippen LogP contribution in [-0.2, 0) is 20.9 Å². The van der Waals surface area contributed by atoms with Crippen LogP contribution in [0.25, 0.3) is 0 Å². The third kappa shape index (κ3) is 3.74. The number of Topliss-reactive ketones (excluding diaryl/α,β-unsaturated/α-hetero) is 1. The summed E-state index contributed by atoms with van der Waals surface area (Å²) >= 11 is 0. The second-order valence-corrected chi connectivity index (χ2v) is 9.82. The third-order valence-corrected chi connectivity index (χ3v) is 7.48. The highest BCUT2D eigenvalue weighted by molar-refractivity contribution is 6.11. The minimum absolute atomic E-state index is 0.0520. The van der Waals surface area contributed by atoms with Gasteiger partial charge in [0.25, 0.3) is 5.91 Å². The second-order valence-electron chi connectivity index (χ2n) is 9.82. The van der Waals surface area contributed by atoms with Crippen molar-refractivity contribution in [3.63, 3.8) is 0 Å². The quantitative estimate of drug-likeness (QED) is 0.632. The minimum atomic E-state index is -0.533. The fraction of sp³-hybridized carbons (Fsp3) is 0.429. The van der Waals surface area contributed by atoms with Crippen molar-refractivity contribution in [2.24, 2.45) is 11.8 Å².